The molecule has 0 spiro atoms. The van der Waals surface area contributed by atoms with Crippen LogP contribution in [0.25, 0.3) is 23.0 Å². The predicted octanol–water partition coefficient (Wildman–Crippen LogP) is 7.55. The Morgan fingerprint density at radius 1 is 1.08 bits per heavy atom. The Hall–Kier alpha value is -3.39. The van der Waals surface area contributed by atoms with Crippen molar-refractivity contribution in [3.63, 3.8) is 0 Å². The van der Waals surface area contributed by atoms with Gasteiger partial charge >= 0.3 is 0 Å². The summed E-state index contributed by atoms with van der Waals surface area (Å²) in [5, 5.41) is 5.36. The maximum absolute atomic E-state index is 13.5. The molecule has 3 aromatic carbocycles. The van der Waals surface area contributed by atoms with E-state index in [-0.39, 0.29) is 11.9 Å². The summed E-state index contributed by atoms with van der Waals surface area (Å²) in [6.07, 6.45) is 3.78. The maximum atomic E-state index is 13.5. The second kappa shape index (κ2) is 10.9. The van der Waals surface area contributed by atoms with Crippen molar-refractivity contribution in [3.8, 4) is 22.7 Å². The molecule has 0 bridgehead atoms. The number of rotatable bonds is 7. The van der Waals surface area contributed by atoms with Crippen molar-refractivity contribution in [2.75, 3.05) is 6.61 Å². The third kappa shape index (κ3) is 5.21. The number of amides is 1. The van der Waals surface area contributed by atoms with Crippen molar-refractivity contribution in [1.82, 2.24) is 14.7 Å². The minimum Gasteiger partial charge on any atom is -0.492 e. The number of nitrogens with zero attached hydrogens (tertiary/aromatic N) is 3. The maximum Gasteiger partial charge on any atom is 0.266 e. The van der Waals surface area contributed by atoms with Crippen LogP contribution < -0.4 is 4.74 Å². The largest absolute Gasteiger partial charge is 0.492 e. The number of aromatic nitrogens is 2. The third-order valence-electron chi connectivity index (χ3n) is 6.05. The molecule has 8 heteroatoms. The third-order valence-corrected chi connectivity index (χ3v) is 7.67. The number of hydrogen-bond acceptors (Lipinski definition) is 5. The average Bonchev–Trinajstić information content (AvgIpc) is 3.46. The van der Waals surface area contributed by atoms with Crippen molar-refractivity contribution in [2.24, 2.45) is 0 Å². The Morgan fingerprint density at radius 2 is 1.78 bits per heavy atom. The lowest BCUT2D eigenvalue weighted by molar-refractivity contribution is -0.123. The van der Waals surface area contributed by atoms with Crippen LogP contribution in [0.15, 0.2) is 90.0 Å². The van der Waals surface area contributed by atoms with Crippen LogP contribution in [0.4, 0.5) is 0 Å². The smallest absolute Gasteiger partial charge is 0.266 e. The molecule has 5 rings (SSSR count). The number of hydrogen-bond donors (Lipinski definition) is 0. The molecule has 1 fully saturated rings. The first kappa shape index (κ1) is 25.3. The summed E-state index contributed by atoms with van der Waals surface area (Å²) in [7, 11) is 0. The van der Waals surface area contributed by atoms with Crippen LogP contribution in [0.1, 0.15) is 31.0 Å². The van der Waals surface area contributed by atoms with Crippen molar-refractivity contribution >= 4 is 51.9 Å². The van der Waals surface area contributed by atoms with Crippen molar-refractivity contribution < 1.29 is 9.53 Å². The summed E-state index contributed by atoms with van der Waals surface area (Å²) < 4.78 is 7.94. The van der Waals surface area contributed by atoms with Crippen molar-refractivity contribution in [2.45, 2.75) is 19.9 Å². The number of carbonyl (C=O) groups is 1. The molecule has 0 aliphatic carbocycles. The Balaban J connectivity index is 1.55. The highest BCUT2D eigenvalue weighted by atomic mass is 35.5. The van der Waals surface area contributed by atoms with Gasteiger partial charge < -0.3 is 4.74 Å². The minimum absolute atomic E-state index is 0.116. The van der Waals surface area contributed by atoms with Gasteiger partial charge in [-0.05, 0) is 55.8 Å². The highest BCUT2D eigenvalue weighted by Crippen LogP contribution is 2.39. The van der Waals surface area contributed by atoms with E-state index in [2.05, 4.69) is 0 Å². The van der Waals surface area contributed by atoms with Crippen molar-refractivity contribution in [3.05, 3.63) is 106 Å². The Labute approximate surface area is 230 Å². The van der Waals surface area contributed by atoms with Gasteiger partial charge in [0.1, 0.15) is 15.8 Å². The van der Waals surface area contributed by atoms with Crippen LogP contribution in [-0.2, 0) is 4.79 Å². The Bertz CT molecular complexity index is 1490. The molecule has 1 amide bonds. The fourth-order valence-corrected chi connectivity index (χ4v) is 5.83. The molecule has 1 aromatic heterocycles. The monoisotopic (exact) mass is 545 g/mol. The quantitative estimate of drug-likeness (QED) is 0.177. The molecule has 0 unspecified atom stereocenters. The highest BCUT2D eigenvalue weighted by Gasteiger charge is 2.36. The SMILES string of the molecule is CCOc1ccc(-c2nn(-c3ccccc3)cc2/C=C2\SC(=S)N([C@@H](C)c3ccccc3)C2=O)cc1Cl. The van der Waals surface area contributed by atoms with Gasteiger partial charge in [0.15, 0.2) is 0 Å². The predicted molar refractivity (Wildman–Crippen MR) is 155 cm³/mol. The van der Waals surface area contributed by atoms with E-state index < -0.39 is 0 Å². The Morgan fingerprint density at radius 3 is 2.46 bits per heavy atom. The van der Waals surface area contributed by atoms with Gasteiger partial charge in [-0.2, -0.15) is 5.10 Å². The van der Waals surface area contributed by atoms with Gasteiger partial charge in [0.25, 0.3) is 5.91 Å². The molecule has 1 aliphatic rings. The molecule has 2 heterocycles. The summed E-state index contributed by atoms with van der Waals surface area (Å²) in [6, 6.07) is 25.2. The number of thiocarbonyl (C=S) groups is 1. The van der Waals surface area contributed by atoms with Crippen LogP contribution in [0.5, 0.6) is 5.75 Å². The second-order valence-corrected chi connectivity index (χ2v) is 10.5. The standard InChI is InChI=1S/C29H24ClN3O2S2/c1-3-35-25-15-14-21(16-24(25)30)27-22(18-32(31-27)23-12-8-5-9-13-23)17-26-28(34)33(29(36)37-26)19(2)20-10-6-4-7-11-20/h4-19H,3H2,1-2H3/b26-17-/t19-/m0/s1. The zero-order chi connectivity index (χ0) is 25.9. The molecule has 5 nitrogen and oxygen atoms in total. The number of benzene rings is 3. The molecular weight excluding hydrogens is 522 g/mol. The molecule has 4 aromatic rings. The summed E-state index contributed by atoms with van der Waals surface area (Å²) in [6.45, 7) is 4.43. The summed E-state index contributed by atoms with van der Waals surface area (Å²) >= 11 is 13.4. The van der Waals surface area contributed by atoms with Crippen molar-refractivity contribution in [1.29, 1.82) is 0 Å². The van der Waals surface area contributed by atoms with Gasteiger partial charge in [0, 0.05) is 17.3 Å². The first-order valence-electron chi connectivity index (χ1n) is 11.9. The topological polar surface area (TPSA) is 47.4 Å². The van der Waals surface area contributed by atoms with Gasteiger partial charge in [-0.15, -0.1) is 0 Å². The summed E-state index contributed by atoms with van der Waals surface area (Å²) in [5.74, 6) is 0.502. The minimum atomic E-state index is -0.170. The van der Waals surface area contributed by atoms with Gasteiger partial charge in [0.2, 0.25) is 0 Å². The molecule has 1 saturated heterocycles. The molecule has 0 radical (unpaired) electrons. The van der Waals surface area contributed by atoms with Crippen LogP contribution in [0.3, 0.4) is 0 Å². The summed E-state index contributed by atoms with van der Waals surface area (Å²) in [4.78, 5) is 15.7. The molecule has 0 saturated carbocycles. The van der Waals surface area contributed by atoms with Gasteiger partial charge in [-0.3, -0.25) is 9.69 Å². The molecule has 1 aliphatic heterocycles. The lowest BCUT2D eigenvalue weighted by atomic mass is 10.1. The molecule has 1 atom stereocenters. The van der Waals surface area contributed by atoms with E-state index in [1.54, 1.807) is 9.58 Å². The Kier molecular flexibility index (Phi) is 7.46. The fraction of sp³-hybridized carbons (Fsp3) is 0.138. The van der Waals surface area contributed by atoms with Crippen LogP contribution in [0, 0.1) is 0 Å². The summed E-state index contributed by atoms with van der Waals surface area (Å²) in [5.41, 5.74) is 4.25. The van der Waals surface area contributed by atoms with Gasteiger partial charge in [-0.1, -0.05) is 84.1 Å². The van der Waals surface area contributed by atoms with Crippen LogP contribution in [-0.4, -0.2) is 31.5 Å². The second-order valence-electron chi connectivity index (χ2n) is 8.43. The van der Waals surface area contributed by atoms with E-state index in [0.29, 0.717) is 32.3 Å². The average molecular weight is 546 g/mol. The lowest BCUT2D eigenvalue weighted by Crippen LogP contribution is -2.30. The normalized spacial score (nSPS) is 15.4. The number of halogens is 1. The highest BCUT2D eigenvalue weighted by molar-refractivity contribution is 8.26. The zero-order valence-electron chi connectivity index (χ0n) is 20.3. The first-order chi connectivity index (χ1) is 18.0. The molecule has 37 heavy (non-hydrogen) atoms. The zero-order valence-corrected chi connectivity index (χ0v) is 22.7. The van der Waals surface area contributed by atoms with Gasteiger partial charge in [-0.25, -0.2) is 4.68 Å². The van der Waals surface area contributed by atoms with E-state index in [9.17, 15) is 4.79 Å². The van der Waals surface area contributed by atoms with E-state index in [1.807, 2.05) is 105 Å². The lowest BCUT2D eigenvalue weighted by Gasteiger charge is -2.23. The number of para-hydroxylation sites is 1. The van der Waals surface area contributed by atoms with Crippen LogP contribution in [0.2, 0.25) is 5.02 Å². The van der Waals surface area contributed by atoms with Crippen LogP contribution >= 0.6 is 35.6 Å². The number of thioether (sulfide) groups is 1. The number of ether oxygens (including phenoxy) is 1. The molecule has 186 valence electrons. The van der Waals surface area contributed by atoms with E-state index in [1.165, 1.54) is 11.8 Å². The van der Waals surface area contributed by atoms with E-state index in [4.69, 9.17) is 33.7 Å². The van der Waals surface area contributed by atoms with E-state index in [0.717, 1.165) is 22.4 Å². The number of carbonyl (C=O) groups excluding carboxylic acids is 1. The van der Waals surface area contributed by atoms with E-state index >= 15 is 0 Å². The molecule has 0 N–H and O–H groups in total. The van der Waals surface area contributed by atoms with Gasteiger partial charge in [0.05, 0.1) is 28.3 Å². The first-order valence-corrected chi connectivity index (χ1v) is 13.5. The molecular formula is C29H24ClN3O2S2. The fourth-order valence-electron chi connectivity index (χ4n) is 4.19.